The summed E-state index contributed by atoms with van der Waals surface area (Å²) in [5.74, 6) is -0.182. The van der Waals surface area contributed by atoms with E-state index in [2.05, 4.69) is 5.32 Å². The van der Waals surface area contributed by atoms with Gasteiger partial charge < -0.3 is 19.5 Å². The Balaban J connectivity index is 1.99. The van der Waals surface area contributed by atoms with Crippen LogP contribution in [0.4, 0.5) is 5.00 Å². The van der Waals surface area contributed by atoms with Gasteiger partial charge in [-0.3, -0.25) is 4.79 Å². The lowest BCUT2D eigenvalue weighted by Crippen LogP contribution is -2.16. The number of nitriles is 1. The molecular weight excluding hydrogens is 500 g/mol. The van der Waals surface area contributed by atoms with Crippen LogP contribution in [-0.2, 0) is 9.53 Å². The number of nitrogens with one attached hydrogen (secondary N) is 1. The van der Waals surface area contributed by atoms with Crippen LogP contribution >= 0.6 is 22.9 Å². The first-order chi connectivity index (χ1) is 17.3. The average Bonchev–Trinajstić information content (AvgIpc) is 3.19. The molecule has 0 saturated heterocycles. The summed E-state index contributed by atoms with van der Waals surface area (Å²) in [5, 5.41) is 13.3. The summed E-state index contributed by atoms with van der Waals surface area (Å²) >= 11 is 7.26. The van der Waals surface area contributed by atoms with Gasteiger partial charge in [0.1, 0.15) is 22.2 Å². The molecule has 0 unspecified atom stereocenters. The van der Waals surface area contributed by atoms with Crippen molar-refractivity contribution in [1.29, 1.82) is 5.26 Å². The van der Waals surface area contributed by atoms with Crippen molar-refractivity contribution in [2.75, 3.05) is 25.6 Å². The van der Waals surface area contributed by atoms with Crippen molar-refractivity contribution in [3.8, 4) is 28.7 Å². The second kappa shape index (κ2) is 12.2. The van der Waals surface area contributed by atoms with Gasteiger partial charge in [0.25, 0.3) is 5.91 Å². The van der Waals surface area contributed by atoms with Crippen LogP contribution < -0.4 is 14.8 Å². The van der Waals surface area contributed by atoms with E-state index in [9.17, 15) is 14.9 Å². The number of benzene rings is 2. The molecule has 9 heteroatoms. The number of ether oxygens (including phenoxy) is 3. The molecule has 1 N–H and O–H groups in total. The van der Waals surface area contributed by atoms with Crippen molar-refractivity contribution in [2.24, 2.45) is 0 Å². The van der Waals surface area contributed by atoms with Crippen LogP contribution in [0, 0.1) is 18.3 Å². The molecule has 0 radical (unpaired) electrons. The number of amides is 1. The maximum absolute atomic E-state index is 13.1. The molecule has 1 aromatic heterocycles. The third-order valence-electron chi connectivity index (χ3n) is 5.09. The zero-order valence-corrected chi connectivity index (χ0v) is 21.9. The van der Waals surface area contributed by atoms with E-state index in [1.54, 1.807) is 49.4 Å². The molecular formula is C27H25ClN2O5S. The quantitative estimate of drug-likeness (QED) is 0.195. The standard InChI is InChI=1S/C27H25ClN2O5S/c1-5-34-21-12-7-17(14-22(21)33-4)13-19(15-29)25(31)30-26-24(27(32)35-6-2)23(16(3)36-26)18-8-10-20(28)11-9-18/h7-14H,5-6H2,1-4H3,(H,30,31)/b19-13+. The predicted octanol–water partition coefficient (Wildman–Crippen LogP) is 6.51. The number of halogens is 1. The molecule has 0 fully saturated rings. The molecule has 3 aromatic rings. The molecule has 1 amide bonds. The highest BCUT2D eigenvalue weighted by Crippen LogP contribution is 2.41. The molecule has 1 heterocycles. The van der Waals surface area contributed by atoms with Crippen LogP contribution in [0.5, 0.6) is 11.5 Å². The minimum Gasteiger partial charge on any atom is -0.493 e. The zero-order valence-electron chi connectivity index (χ0n) is 20.3. The Bertz CT molecular complexity index is 1340. The molecule has 0 spiro atoms. The largest absolute Gasteiger partial charge is 0.493 e. The van der Waals surface area contributed by atoms with Gasteiger partial charge in [0.2, 0.25) is 0 Å². The van der Waals surface area contributed by atoms with E-state index in [0.717, 1.165) is 10.4 Å². The number of aryl methyl sites for hydroxylation is 1. The Morgan fingerprint density at radius 1 is 1.11 bits per heavy atom. The fourth-order valence-corrected chi connectivity index (χ4v) is 4.71. The zero-order chi connectivity index (χ0) is 26.2. The number of carbonyl (C=O) groups excluding carboxylic acids is 2. The van der Waals surface area contributed by atoms with E-state index >= 15 is 0 Å². The summed E-state index contributed by atoms with van der Waals surface area (Å²) in [6.45, 7) is 6.06. The van der Waals surface area contributed by atoms with Crippen LogP contribution in [0.2, 0.25) is 5.02 Å². The van der Waals surface area contributed by atoms with Gasteiger partial charge >= 0.3 is 5.97 Å². The highest BCUT2D eigenvalue weighted by molar-refractivity contribution is 7.17. The van der Waals surface area contributed by atoms with Gasteiger partial charge in [0.15, 0.2) is 11.5 Å². The lowest BCUT2D eigenvalue weighted by molar-refractivity contribution is -0.112. The van der Waals surface area contributed by atoms with Crippen molar-refractivity contribution >= 4 is 45.9 Å². The summed E-state index contributed by atoms with van der Waals surface area (Å²) in [6.07, 6.45) is 1.44. The van der Waals surface area contributed by atoms with Gasteiger partial charge in [-0.1, -0.05) is 29.8 Å². The van der Waals surface area contributed by atoms with Crippen molar-refractivity contribution in [3.63, 3.8) is 0 Å². The molecule has 186 valence electrons. The molecule has 0 saturated carbocycles. The van der Waals surface area contributed by atoms with Crippen LogP contribution in [-0.4, -0.2) is 32.2 Å². The topological polar surface area (TPSA) is 97.7 Å². The van der Waals surface area contributed by atoms with E-state index in [0.29, 0.717) is 39.3 Å². The van der Waals surface area contributed by atoms with Crippen molar-refractivity contribution < 1.29 is 23.8 Å². The fraction of sp³-hybridized carbons (Fsp3) is 0.222. The Hall–Kier alpha value is -3.80. The average molecular weight is 525 g/mol. The first kappa shape index (κ1) is 26.8. The number of hydrogen-bond donors (Lipinski definition) is 1. The molecule has 0 aliphatic carbocycles. The smallest absolute Gasteiger partial charge is 0.341 e. The number of methoxy groups -OCH3 is 1. The molecule has 0 aliphatic rings. The second-order valence-electron chi connectivity index (χ2n) is 7.43. The molecule has 7 nitrogen and oxygen atoms in total. The molecule has 0 atom stereocenters. The Morgan fingerprint density at radius 3 is 2.44 bits per heavy atom. The lowest BCUT2D eigenvalue weighted by Gasteiger charge is -2.10. The summed E-state index contributed by atoms with van der Waals surface area (Å²) in [5.41, 5.74) is 2.07. The van der Waals surface area contributed by atoms with E-state index in [4.69, 9.17) is 25.8 Å². The van der Waals surface area contributed by atoms with Gasteiger partial charge in [-0.15, -0.1) is 11.3 Å². The predicted molar refractivity (Wildman–Crippen MR) is 142 cm³/mol. The monoisotopic (exact) mass is 524 g/mol. The van der Waals surface area contributed by atoms with Gasteiger partial charge in [-0.25, -0.2) is 4.79 Å². The summed E-state index contributed by atoms with van der Waals surface area (Å²) < 4.78 is 16.1. The van der Waals surface area contributed by atoms with Crippen LogP contribution in [0.3, 0.4) is 0 Å². The minimum absolute atomic E-state index is 0.143. The third kappa shape index (κ3) is 6.06. The van der Waals surface area contributed by atoms with Gasteiger partial charge in [-0.2, -0.15) is 5.26 Å². The SMILES string of the molecule is CCOC(=O)c1c(NC(=O)/C(C#N)=C/c2ccc(OCC)c(OC)c2)sc(C)c1-c1ccc(Cl)cc1. The molecule has 36 heavy (non-hydrogen) atoms. The van der Waals surface area contributed by atoms with Crippen molar-refractivity contribution in [3.05, 3.63) is 69.1 Å². The van der Waals surface area contributed by atoms with Crippen LogP contribution in [0.15, 0.2) is 48.0 Å². The van der Waals surface area contributed by atoms with Crippen LogP contribution in [0.25, 0.3) is 17.2 Å². The summed E-state index contributed by atoms with van der Waals surface area (Å²) in [6, 6.07) is 14.1. The molecule has 0 aliphatic heterocycles. The van der Waals surface area contributed by atoms with Crippen molar-refractivity contribution in [1.82, 2.24) is 0 Å². The second-order valence-corrected chi connectivity index (χ2v) is 9.09. The van der Waals surface area contributed by atoms with Gasteiger partial charge in [-0.05, 0) is 62.2 Å². The lowest BCUT2D eigenvalue weighted by atomic mass is 10.0. The number of thiophene rings is 1. The number of hydrogen-bond acceptors (Lipinski definition) is 7. The first-order valence-electron chi connectivity index (χ1n) is 11.1. The number of rotatable bonds is 9. The summed E-state index contributed by atoms with van der Waals surface area (Å²) in [4.78, 5) is 26.8. The normalized spacial score (nSPS) is 10.9. The van der Waals surface area contributed by atoms with E-state index < -0.39 is 11.9 Å². The number of anilines is 1. The number of nitrogens with zero attached hydrogens (tertiary/aromatic N) is 1. The number of carbonyl (C=O) groups is 2. The fourth-order valence-electron chi connectivity index (χ4n) is 3.53. The molecule has 0 bridgehead atoms. The van der Waals surface area contributed by atoms with Gasteiger partial charge in [0, 0.05) is 15.5 Å². The molecule has 2 aromatic carbocycles. The summed E-state index contributed by atoms with van der Waals surface area (Å²) in [7, 11) is 1.51. The Kier molecular flexibility index (Phi) is 9.12. The molecule has 3 rings (SSSR count). The van der Waals surface area contributed by atoms with E-state index in [-0.39, 0.29) is 17.7 Å². The van der Waals surface area contributed by atoms with Gasteiger partial charge in [0.05, 0.1) is 20.3 Å². The maximum atomic E-state index is 13.1. The minimum atomic E-state index is -0.653. The number of esters is 1. The van der Waals surface area contributed by atoms with Crippen LogP contribution in [0.1, 0.15) is 34.6 Å². The third-order valence-corrected chi connectivity index (χ3v) is 6.36. The van der Waals surface area contributed by atoms with Crippen molar-refractivity contribution in [2.45, 2.75) is 20.8 Å². The highest BCUT2D eigenvalue weighted by Gasteiger charge is 2.26. The Labute approximate surface area is 218 Å². The van der Waals surface area contributed by atoms with E-state index in [1.165, 1.54) is 24.5 Å². The van der Waals surface area contributed by atoms with E-state index in [1.807, 2.05) is 19.9 Å². The highest BCUT2D eigenvalue weighted by atomic mass is 35.5. The Morgan fingerprint density at radius 2 is 1.83 bits per heavy atom. The first-order valence-corrected chi connectivity index (χ1v) is 12.3. The maximum Gasteiger partial charge on any atom is 0.341 e.